The van der Waals surface area contributed by atoms with E-state index in [2.05, 4.69) is 123 Å². The van der Waals surface area contributed by atoms with Gasteiger partial charge < -0.3 is 14.6 Å². The van der Waals surface area contributed by atoms with Crippen molar-refractivity contribution in [3.05, 3.63) is 176 Å². The van der Waals surface area contributed by atoms with Crippen molar-refractivity contribution in [2.75, 3.05) is 4.90 Å². The second-order valence-corrected chi connectivity index (χ2v) is 10.9. The average Bonchev–Trinajstić information content (AvgIpc) is 3.56. The normalized spacial score (nSPS) is 12.3. The molecule has 3 nitrogen and oxygen atoms in total. The predicted octanol–water partition coefficient (Wildman–Crippen LogP) is 10.3. The van der Waals surface area contributed by atoms with Crippen LogP contribution in [0.1, 0.15) is 36.1 Å². The van der Waals surface area contributed by atoms with Gasteiger partial charge in [0.05, 0.1) is 5.69 Å². The molecular weight excluding hydrogens is 576 g/mol. The molecular formula is C39H33CuN2O-3. The fourth-order valence-electron chi connectivity index (χ4n) is 5.57. The summed E-state index contributed by atoms with van der Waals surface area (Å²) in [5.74, 6) is 1.76. The maximum atomic E-state index is 6.05. The van der Waals surface area contributed by atoms with Crippen LogP contribution in [0.15, 0.2) is 140 Å². The number of anilines is 3. The van der Waals surface area contributed by atoms with Gasteiger partial charge in [-0.15, -0.1) is 17.8 Å². The van der Waals surface area contributed by atoms with Crippen molar-refractivity contribution in [3.8, 4) is 22.8 Å². The maximum Gasteiger partial charge on any atom is 0.0521 e. The van der Waals surface area contributed by atoms with E-state index in [1.54, 1.807) is 0 Å². The van der Waals surface area contributed by atoms with Crippen molar-refractivity contribution in [1.29, 1.82) is 0 Å². The van der Waals surface area contributed by atoms with Crippen molar-refractivity contribution in [2.45, 2.75) is 19.3 Å². The summed E-state index contributed by atoms with van der Waals surface area (Å²) in [5, 5.41) is 0. The molecule has 1 aromatic heterocycles. The van der Waals surface area contributed by atoms with E-state index in [0.717, 1.165) is 50.9 Å². The summed E-state index contributed by atoms with van der Waals surface area (Å²) in [7, 11) is 0. The fraction of sp³-hybridized carbons (Fsp3) is 0.0769. The molecule has 0 unspecified atom stereocenters. The minimum absolute atomic E-state index is 0. The van der Waals surface area contributed by atoms with Gasteiger partial charge in [0.15, 0.2) is 0 Å². The van der Waals surface area contributed by atoms with Gasteiger partial charge in [-0.3, -0.25) is 0 Å². The number of aromatic nitrogens is 1. The topological polar surface area (TPSA) is 26.6 Å². The average molecular weight is 609 g/mol. The summed E-state index contributed by atoms with van der Waals surface area (Å²) in [6.45, 7) is 12.5. The van der Waals surface area contributed by atoms with Crippen molar-refractivity contribution < 1.29 is 21.8 Å². The second kappa shape index (κ2) is 12.6. The molecule has 0 atom stereocenters. The Hall–Kier alpha value is -4.76. The molecule has 43 heavy (non-hydrogen) atoms. The largest absolute Gasteiger partial charge is 0.664 e. The van der Waals surface area contributed by atoms with E-state index in [4.69, 9.17) is 4.74 Å². The molecule has 1 aliphatic rings. The Morgan fingerprint density at radius 1 is 0.581 bits per heavy atom. The molecule has 7 rings (SSSR count). The third-order valence-electron chi connectivity index (χ3n) is 7.75. The molecule has 5 aromatic carbocycles. The molecule has 0 bridgehead atoms. The zero-order chi connectivity index (χ0) is 29.1. The third-order valence-corrected chi connectivity index (χ3v) is 7.75. The van der Waals surface area contributed by atoms with Gasteiger partial charge in [0, 0.05) is 39.9 Å². The van der Waals surface area contributed by atoms with E-state index in [9.17, 15) is 0 Å². The minimum Gasteiger partial charge on any atom is -0.664 e. The van der Waals surface area contributed by atoms with Gasteiger partial charge in [-0.2, -0.15) is 43.3 Å². The molecule has 2 heterocycles. The van der Waals surface area contributed by atoms with E-state index in [0.29, 0.717) is 0 Å². The summed E-state index contributed by atoms with van der Waals surface area (Å²) in [6, 6.07) is 45.5. The molecule has 6 aromatic rings. The van der Waals surface area contributed by atoms with E-state index >= 15 is 0 Å². The number of ether oxygens (including phenoxy) is 1. The summed E-state index contributed by atoms with van der Waals surface area (Å²) >= 11 is 0. The molecule has 0 spiro atoms. The third kappa shape index (κ3) is 5.81. The predicted molar refractivity (Wildman–Crippen MR) is 174 cm³/mol. The van der Waals surface area contributed by atoms with Crippen LogP contribution < -0.4 is 14.6 Å². The number of rotatable bonds is 4. The van der Waals surface area contributed by atoms with Gasteiger partial charge in [-0.1, -0.05) is 104 Å². The zero-order valence-corrected chi connectivity index (χ0v) is 25.2. The fourth-order valence-corrected chi connectivity index (χ4v) is 5.57. The zero-order valence-electron chi connectivity index (χ0n) is 24.3. The van der Waals surface area contributed by atoms with Crippen LogP contribution in [-0.2, 0) is 22.5 Å². The molecule has 0 fully saturated rings. The van der Waals surface area contributed by atoms with Gasteiger partial charge in [0.25, 0.3) is 0 Å². The Kier molecular flexibility index (Phi) is 8.73. The number of benzene rings is 5. The summed E-state index contributed by atoms with van der Waals surface area (Å²) in [5.41, 5.74) is 9.63. The standard InChI is InChI=1S/C22H17N2.C17H16O.Cu/c1-3-10-18(11-4-1)24(19-12-5-2-6-13-19)22-16-8-7-14-20(22)21-15-9-17-23-21;1-11-7-5-9-13-15(11)18-16-12(2)8-6-10-14(16)17(13,3)4;/h1-17H;5-10H,1-2H2,3-4H3;/q-1;-2;. The van der Waals surface area contributed by atoms with E-state index in [-0.39, 0.29) is 22.5 Å². The molecule has 0 aliphatic carbocycles. The van der Waals surface area contributed by atoms with Crippen LogP contribution in [0, 0.1) is 13.8 Å². The first-order valence-electron chi connectivity index (χ1n) is 14.1. The van der Waals surface area contributed by atoms with Crippen LogP contribution >= 0.6 is 0 Å². The Balaban J connectivity index is 0.000000174. The van der Waals surface area contributed by atoms with Crippen LogP contribution in [0.4, 0.5) is 17.1 Å². The van der Waals surface area contributed by atoms with Gasteiger partial charge in [-0.05, 0) is 41.3 Å². The van der Waals surface area contributed by atoms with E-state index in [1.807, 2.05) is 54.7 Å². The Bertz CT molecular complexity index is 1700. The molecule has 0 saturated heterocycles. The second-order valence-electron chi connectivity index (χ2n) is 10.9. The van der Waals surface area contributed by atoms with Crippen LogP contribution in [0.25, 0.3) is 11.3 Å². The van der Waals surface area contributed by atoms with E-state index in [1.165, 1.54) is 11.1 Å². The van der Waals surface area contributed by atoms with Crippen molar-refractivity contribution in [3.63, 3.8) is 0 Å². The maximum absolute atomic E-state index is 6.05. The first kappa shape index (κ1) is 29.7. The van der Waals surface area contributed by atoms with Crippen LogP contribution in [0.2, 0.25) is 0 Å². The molecule has 1 aliphatic heterocycles. The van der Waals surface area contributed by atoms with Crippen molar-refractivity contribution >= 4 is 17.1 Å². The SMILES string of the molecule is [CH2-]c1cccc2c1Oc1c([CH2-])cccc1C2(C)C.[Cu].c1ccc(N(c2ccccc2)c2ccccc2-c2ccc[n-]2)cc1. The smallest absolute Gasteiger partial charge is 0.0521 e. The number of fused-ring (bicyclic) bond motifs is 2. The van der Waals surface area contributed by atoms with Gasteiger partial charge in [-0.25, -0.2) is 0 Å². The number of nitrogens with zero attached hydrogens (tertiary/aromatic N) is 2. The minimum atomic E-state index is -0.0791. The van der Waals surface area contributed by atoms with Crippen molar-refractivity contribution in [2.24, 2.45) is 0 Å². The molecule has 1 radical (unpaired) electrons. The van der Waals surface area contributed by atoms with Gasteiger partial charge >= 0.3 is 0 Å². The summed E-state index contributed by atoms with van der Waals surface area (Å²) in [4.78, 5) is 6.76. The Morgan fingerprint density at radius 2 is 1.09 bits per heavy atom. The van der Waals surface area contributed by atoms with Crippen LogP contribution in [0.5, 0.6) is 11.5 Å². The van der Waals surface area contributed by atoms with Gasteiger partial charge in [0.2, 0.25) is 0 Å². The Labute approximate surface area is 265 Å². The Morgan fingerprint density at radius 3 is 1.60 bits per heavy atom. The van der Waals surface area contributed by atoms with Crippen molar-refractivity contribution in [1.82, 2.24) is 4.98 Å². The van der Waals surface area contributed by atoms with Crippen LogP contribution in [0.3, 0.4) is 0 Å². The quantitative estimate of drug-likeness (QED) is 0.147. The first-order chi connectivity index (χ1) is 20.4. The number of para-hydroxylation sites is 5. The number of hydrogen-bond donors (Lipinski definition) is 0. The van der Waals surface area contributed by atoms with E-state index < -0.39 is 0 Å². The molecule has 0 saturated carbocycles. The molecule has 0 amide bonds. The molecule has 4 heteroatoms. The monoisotopic (exact) mass is 608 g/mol. The summed E-state index contributed by atoms with van der Waals surface area (Å²) < 4.78 is 6.05. The van der Waals surface area contributed by atoms with Gasteiger partial charge in [0.1, 0.15) is 0 Å². The summed E-state index contributed by atoms with van der Waals surface area (Å²) in [6.07, 6.45) is 1.83. The van der Waals surface area contributed by atoms with Crippen LogP contribution in [-0.4, -0.2) is 0 Å². The number of hydrogen-bond acceptors (Lipinski definition) is 2. The molecule has 0 N–H and O–H groups in total. The first-order valence-corrected chi connectivity index (χ1v) is 14.1. The molecule has 219 valence electrons.